The quantitative estimate of drug-likeness (QED) is 0.129. The van der Waals surface area contributed by atoms with E-state index in [4.69, 9.17) is 14.8 Å². The Balaban J connectivity index is 0.00000401. The molecule has 0 spiro atoms. The van der Waals surface area contributed by atoms with Crippen LogP contribution in [0.5, 0.6) is 11.5 Å². The molecule has 0 bridgehead atoms. The van der Waals surface area contributed by atoms with Crippen molar-refractivity contribution in [2.24, 2.45) is 17.3 Å². The zero-order valence-electron chi connectivity index (χ0n) is 29.4. The van der Waals surface area contributed by atoms with Crippen LogP contribution in [-0.4, -0.2) is 19.3 Å². The van der Waals surface area contributed by atoms with E-state index in [0.29, 0.717) is 29.3 Å². The number of aromatic nitrogens is 4. The molecular formula is C42H44N4OPt. The van der Waals surface area contributed by atoms with Crippen molar-refractivity contribution in [3.63, 3.8) is 0 Å². The molecular weight excluding hydrogens is 772 g/mol. The average molecular weight is 816 g/mol. The van der Waals surface area contributed by atoms with Crippen molar-refractivity contribution in [1.29, 1.82) is 0 Å². The molecule has 3 aromatic carbocycles. The number of ether oxygens (including phenoxy) is 1. The molecule has 0 N–H and O–H groups in total. The van der Waals surface area contributed by atoms with E-state index in [9.17, 15) is 0 Å². The molecule has 3 heterocycles. The van der Waals surface area contributed by atoms with Gasteiger partial charge in [0.2, 0.25) is 0 Å². The molecule has 7 rings (SSSR count). The fourth-order valence-electron chi connectivity index (χ4n) is 7.69. The molecule has 6 heteroatoms. The molecule has 0 aliphatic heterocycles. The molecule has 0 saturated carbocycles. The summed E-state index contributed by atoms with van der Waals surface area (Å²) in [6.45, 7) is 20.3. The van der Waals surface area contributed by atoms with E-state index in [1.54, 1.807) is 0 Å². The third-order valence-corrected chi connectivity index (χ3v) is 10.0. The zero-order chi connectivity index (χ0) is 33.2. The first-order valence-electron chi connectivity index (χ1n) is 16.7. The molecule has 1 aliphatic rings. The number of rotatable bonds is 5. The van der Waals surface area contributed by atoms with Crippen LogP contribution in [0.2, 0.25) is 0 Å². The number of hydrogen-bond acceptors (Lipinski definition) is 3. The molecule has 3 atom stereocenters. The predicted octanol–water partition coefficient (Wildman–Crippen LogP) is 10.7. The van der Waals surface area contributed by atoms with Crippen molar-refractivity contribution in [1.82, 2.24) is 19.3 Å². The number of para-hydroxylation sites is 1. The Kier molecular flexibility index (Phi) is 9.06. The molecule has 1 unspecified atom stereocenters. The molecule has 6 aromatic rings. The number of benzene rings is 3. The summed E-state index contributed by atoms with van der Waals surface area (Å²) in [6.07, 6.45) is 5.56. The van der Waals surface area contributed by atoms with E-state index in [2.05, 4.69) is 132 Å². The minimum atomic E-state index is 0. The standard InChI is InChI=1S/C42H44N4O.Pt/c1-25-16-17-43-39(20-25)45-37-13-11-10-12-35(37)36-15-14-33(24-38(36)45)47-34-19-26(2)18-32(23-34)46-30(6)41(29(5)44-46)40-27(3)21-31(22-28(40)4)42(7,8)9;/h10-21,28,31,40H,22H2,1-9H3;/q-2;+2/t28-,31-,40?;/m0./s1. The second-order valence-corrected chi connectivity index (χ2v) is 14.7. The fourth-order valence-corrected chi connectivity index (χ4v) is 7.69. The summed E-state index contributed by atoms with van der Waals surface area (Å²) < 4.78 is 10.7. The monoisotopic (exact) mass is 815 g/mol. The molecule has 48 heavy (non-hydrogen) atoms. The number of nitrogens with zero attached hydrogens (tertiary/aromatic N) is 4. The third kappa shape index (κ3) is 6.07. The maximum absolute atomic E-state index is 6.52. The van der Waals surface area contributed by atoms with E-state index in [1.165, 1.54) is 17.6 Å². The molecule has 248 valence electrons. The molecule has 0 amide bonds. The molecule has 0 saturated heterocycles. The van der Waals surface area contributed by atoms with Crippen molar-refractivity contribution in [3.8, 4) is 23.0 Å². The van der Waals surface area contributed by atoms with E-state index < -0.39 is 0 Å². The maximum atomic E-state index is 6.52. The summed E-state index contributed by atoms with van der Waals surface area (Å²) in [5.74, 6) is 3.60. The summed E-state index contributed by atoms with van der Waals surface area (Å²) in [7, 11) is 0. The van der Waals surface area contributed by atoms with Gasteiger partial charge in [0.25, 0.3) is 0 Å². The van der Waals surface area contributed by atoms with Crippen LogP contribution in [-0.2, 0) is 21.1 Å². The van der Waals surface area contributed by atoms with Crippen molar-refractivity contribution in [2.75, 3.05) is 0 Å². The van der Waals surface area contributed by atoms with Gasteiger partial charge in [-0.05, 0) is 86.2 Å². The van der Waals surface area contributed by atoms with Crippen LogP contribution in [0.25, 0.3) is 33.3 Å². The average Bonchev–Trinajstić information content (AvgIpc) is 3.49. The van der Waals surface area contributed by atoms with Crippen LogP contribution in [0.4, 0.5) is 0 Å². The van der Waals surface area contributed by atoms with Crippen molar-refractivity contribution < 1.29 is 25.8 Å². The van der Waals surface area contributed by atoms with Gasteiger partial charge in [-0.15, -0.1) is 35.7 Å². The van der Waals surface area contributed by atoms with Gasteiger partial charge in [-0.25, -0.2) is 4.98 Å². The van der Waals surface area contributed by atoms with Crippen molar-refractivity contribution in [3.05, 3.63) is 119 Å². The minimum Gasteiger partial charge on any atom is -0.509 e. The first kappa shape index (κ1) is 33.9. The van der Waals surface area contributed by atoms with Gasteiger partial charge in [-0.1, -0.05) is 70.0 Å². The largest absolute Gasteiger partial charge is 2.00 e. The Morgan fingerprint density at radius 1 is 0.854 bits per heavy atom. The van der Waals surface area contributed by atoms with Crippen LogP contribution < -0.4 is 4.74 Å². The summed E-state index contributed by atoms with van der Waals surface area (Å²) in [6, 6.07) is 27.9. The number of allylic oxidation sites excluding steroid dienone is 2. The van der Waals surface area contributed by atoms with Crippen LogP contribution in [0.3, 0.4) is 0 Å². The SMILES string of the molecule is CC1=C[C@H](C(C)(C)C)C[C@H](C)C1c1c(C)nn(-c2[c-]c(Oc3[c-]c4c(cc3)c3ccccc3n4-c3cc(C)ccn3)cc(C)c2)c1C.[Pt+2]. The minimum absolute atomic E-state index is 0. The second kappa shape index (κ2) is 12.8. The van der Waals surface area contributed by atoms with Gasteiger partial charge < -0.3 is 9.30 Å². The molecule has 5 nitrogen and oxygen atoms in total. The summed E-state index contributed by atoms with van der Waals surface area (Å²) in [5.41, 5.74) is 10.4. The van der Waals surface area contributed by atoms with Gasteiger partial charge >= 0.3 is 21.1 Å². The van der Waals surface area contributed by atoms with E-state index in [-0.39, 0.29) is 26.5 Å². The Morgan fingerprint density at radius 3 is 2.35 bits per heavy atom. The normalized spacial score (nSPS) is 18.2. The Labute approximate surface area is 299 Å². The van der Waals surface area contributed by atoms with Gasteiger partial charge in [-0.3, -0.25) is 4.68 Å². The van der Waals surface area contributed by atoms with Crippen LogP contribution in [0.15, 0.2) is 78.5 Å². The van der Waals surface area contributed by atoms with Crippen LogP contribution in [0, 0.1) is 57.1 Å². The Morgan fingerprint density at radius 2 is 1.62 bits per heavy atom. The number of aryl methyl sites for hydroxylation is 3. The first-order valence-corrected chi connectivity index (χ1v) is 16.7. The molecule has 3 aromatic heterocycles. The Hall–Kier alpha value is -3.95. The summed E-state index contributed by atoms with van der Waals surface area (Å²) in [4.78, 5) is 4.71. The second-order valence-electron chi connectivity index (χ2n) is 14.7. The van der Waals surface area contributed by atoms with Crippen molar-refractivity contribution in [2.45, 2.75) is 74.7 Å². The van der Waals surface area contributed by atoms with Crippen LogP contribution >= 0.6 is 0 Å². The smallest absolute Gasteiger partial charge is 0.509 e. The van der Waals surface area contributed by atoms with E-state index in [0.717, 1.165) is 55.8 Å². The van der Waals surface area contributed by atoms with Crippen LogP contribution in [0.1, 0.15) is 75.0 Å². The number of hydrogen-bond donors (Lipinski definition) is 0. The third-order valence-electron chi connectivity index (χ3n) is 10.0. The summed E-state index contributed by atoms with van der Waals surface area (Å²) in [5, 5.41) is 7.35. The molecule has 0 radical (unpaired) electrons. The van der Waals surface area contributed by atoms with Gasteiger partial charge in [0.05, 0.1) is 5.69 Å². The number of pyridine rings is 1. The van der Waals surface area contributed by atoms with Gasteiger partial charge in [0.1, 0.15) is 5.82 Å². The first-order chi connectivity index (χ1) is 22.4. The van der Waals surface area contributed by atoms with Crippen molar-refractivity contribution >= 4 is 21.8 Å². The van der Waals surface area contributed by atoms with E-state index >= 15 is 0 Å². The predicted molar refractivity (Wildman–Crippen MR) is 192 cm³/mol. The Bertz CT molecular complexity index is 2180. The fraction of sp³-hybridized carbons (Fsp3) is 0.333. The molecule has 0 fully saturated rings. The van der Waals surface area contributed by atoms with E-state index in [1.807, 2.05) is 24.4 Å². The van der Waals surface area contributed by atoms with Gasteiger partial charge in [0, 0.05) is 40.4 Å². The van der Waals surface area contributed by atoms with Gasteiger partial charge in [-0.2, -0.15) is 16.7 Å². The molecule has 1 aliphatic carbocycles. The van der Waals surface area contributed by atoms with Gasteiger partial charge in [0.15, 0.2) is 0 Å². The topological polar surface area (TPSA) is 44.9 Å². The zero-order valence-corrected chi connectivity index (χ0v) is 31.7. The number of fused-ring (bicyclic) bond motifs is 3. The maximum Gasteiger partial charge on any atom is 2.00 e. The summed E-state index contributed by atoms with van der Waals surface area (Å²) >= 11 is 0.